The molecule has 4 rings (SSSR count). The summed E-state index contributed by atoms with van der Waals surface area (Å²) in [6.07, 6.45) is 3.40. The summed E-state index contributed by atoms with van der Waals surface area (Å²) in [4.78, 5) is 7.45. The molecule has 0 aromatic heterocycles. The van der Waals surface area contributed by atoms with Crippen molar-refractivity contribution in [2.24, 2.45) is 10.4 Å². The molecule has 0 amide bonds. The van der Waals surface area contributed by atoms with Gasteiger partial charge in [0.15, 0.2) is 0 Å². The Hall–Kier alpha value is -1.84. The first-order chi connectivity index (χ1) is 12.1. The lowest BCUT2D eigenvalue weighted by Crippen LogP contribution is -2.49. The summed E-state index contributed by atoms with van der Waals surface area (Å²) in [5.41, 5.74) is 3.97. The van der Waals surface area contributed by atoms with Crippen LogP contribution in [0.4, 0.5) is 5.69 Å². The van der Waals surface area contributed by atoms with Crippen LogP contribution >= 0.6 is 11.6 Å². The summed E-state index contributed by atoms with van der Waals surface area (Å²) < 4.78 is 0. The number of para-hydroxylation sites is 1. The van der Waals surface area contributed by atoms with Gasteiger partial charge in [0.25, 0.3) is 0 Å². The number of aliphatic imine (C=N–C) groups is 1. The van der Waals surface area contributed by atoms with Gasteiger partial charge in [-0.2, -0.15) is 0 Å². The highest BCUT2D eigenvalue weighted by Gasteiger charge is 2.41. The number of piperidine rings is 1. The molecule has 2 aliphatic rings. The summed E-state index contributed by atoms with van der Waals surface area (Å²) in [5, 5.41) is 4.43. The van der Waals surface area contributed by atoms with Crippen molar-refractivity contribution in [3.63, 3.8) is 0 Å². The predicted molar refractivity (Wildman–Crippen MR) is 106 cm³/mol. The fraction of sp³-hybridized carbons (Fsp3) is 0.381. The predicted octanol–water partition coefficient (Wildman–Crippen LogP) is 4.62. The first kappa shape index (κ1) is 16.6. The number of rotatable bonds is 2. The average molecular weight is 354 g/mol. The quantitative estimate of drug-likeness (QED) is 0.853. The SMILES string of the molecule is CN1CCC2(CC1)Cc1ccccc1NC2=NCc1ccc(Cl)cc1. The Morgan fingerprint density at radius 1 is 1.08 bits per heavy atom. The van der Waals surface area contributed by atoms with Gasteiger partial charge in [0.1, 0.15) is 5.84 Å². The zero-order valence-corrected chi connectivity index (χ0v) is 15.4. The maximum Gasteiger partial charge on any atom is 0.108 e. The van der Waals surface area contributed by atoms with Gasteiger partial charge in [-0.1, -0.05) is 41.9 Å². The molecule has 2 heterocycles. The largest absolute Gasteiger partial charge is 0.343 e. The number of halogens is 1. The van der Waals surface area contributed by atoms with Crippen LogP contribution in [-0.2, 0) is 13.0 Å². The Labute approximate surface area is 154 Å². The van der Waals surface area contributed by atoms with Crippen molar-refractivity contribution in [1.82, 2.24) is 4.90 Å². The number of fused-ring (bicyclic) bond motifs is 1. The molecule has 1 N–H and O–H groups in total. The molecule has 3 nitrogen and oxygen atoms in total. The highest BCUT2D eigenvalue weighted by Crippen LogP contribution is 2.42. The lowest BCUT2D eigenvalue weighted by Gasteiger charge is -2.45. The van der Waals surface area contributed by atoms with Crippen LogP contribution in [-0.4, -0.2) is 30.9 Å². The summed E-state index contributed by atoms with van der Waals surface area (Å²) in [7, 11) is 2.21. The molecule has 0 unspecified atom stereocenters. The Balaban J connectivity index is 1.64. The Bertz CT molecular complexity index is 774. The number of hydrogen-bond acceptors (Lipinski definition) is 2. The normalized spacial score (nSPS) is 21.1. The van der Waals surface area contributed by atoms with E-state index in [1.54, 1.807) is 0 Å². The third-order valence-electron chi connectivity index (χ3n) is 5.58. The summed E-state index contributed by atoms with van der Waals surface area (Å²) in [6, 6.07) is 16.6. The first-order valence-corrected chi connectivity index (χ1v) is 9.35. The molecule has 2 aromatic rings. The molecule has 2 aliphatic heterocycles. The molecule has 0 atom stereocenters. The number of amidine groups is 1. The summed E-state index contributed by atoms with van der Waals surface area (Å²) in [6.45, 7) is 2.95. The minimum Gasteiger partial charge on any atom is -0.343 e. The van der Waals surface area contributed by atoms with Crippen molar-refractivity contribution < 1.29 is 0 Å². The van der Waals surface area contributed by atoms with Crippen molar-refractivity contribution in [2.75, 3.05) is 25.5 Å². The van der Waals surface area contributed by atoms with Crippen LogP contribution in [0.5, 0.6) is 0 Å². The van der Waals surface area contributed by atoms with E-state index in [4.69, 9.17) is 16.6 Å². The number of likely N-dealkylation sites (tertiary alicyclic amines) is 1. The van der Waals surface area contributed by atoms with Crippen LogP contribution < -0.4 is 5.32 Å². The molecule has 25 heavy (non-hydrogen) atoms. The van der Waals surface area contributed by atoms with Crippen molar-refractivity contribution in [1.29, 1.82) is 0 Å². The zero-order chi connectivity index (χ0) is 17.3. The maximum atomic E-state index is 5.99. The molecule has 2 aromatic carbocycles. The Kier molecular flexibility index (Phi) is 4.53. The number of nitrogens with one attached hydrogen (secondary N) is 1. The monoisotopic (exact) mass is 353 g/mol. The molecule has 1 fully saturated rings. The third-order valence-corrected chi connectivity index (χ3v) is 5.83. The maximum absolute atomic E-state index is 5.99. The van der Waals surface area contributed by atoms with Crippen molar-refractivity contribution in [3.8, 4) is 0 Å². The van der Waals surface area contributed by atoms with Crippen LogP contribution in [0.15, 0.2) is 53.5 Å². The van der Waals surface area contributed by atoms with Crippen LogP contribution in [0.2, 0.25) is 5.02 Å². The smallest absolute Gasteiger partial charge is 0.108 e. The van der Waals surface area contributed by atoms with Gasteiger partial charge in [-0.05, 0) is 68.7 Å². The molecular weight excluding hydrogens is 330 g/mol. The van der Waals surface area contributed by atoms with E-state index in [2.05, 4.69) is 53.7 Å². The highest BCUT2D eigenvalue weighted by atomic mass is 35.5. The van der Waals surface area contributed by atoms with Gasteiger partial charge < -0.3 is 10.2 Å². The van der Waals surface area contributed by atoms with E-state index in [1.165, 1.54) is 16.8 Å². The van der Waals surface area contributed by atoms with Gasteiger partial charge in [-0.25, -0.2) is 0 Å². The fourth-order valence-corrected chi connectivity index (χ4v) is 4.06. The van der Waals surface area contributed by atoms with Gasteiger partial charge in [0.05, 0.1) is 6.54 Å². The number of hydrogen-bond donors (Lipinski definition) is 1. The standard InChI is InChI=1S/C21H24ClN3/c1-25-12-10-21(11-13-25)14-17-4-2-3-5-19(17)24-20(21)23-15-16-6-8-18(22)9-7-16/h2-9H,10-15H2,1H3,(H,23,24). The zero-order valence-electron chi connectivity index (χ0n) is 14.6. The highest BCUT2D eigenvalue weighted by molar-refractivity contribution is 6.30. The van der Waals surface area contributed by atoms with Crippen molar-refractivity contribution in [2.45, 2.75) is 25.8 Å². The van der Waals surface area contributed by atoms with Crippen LogP contribution in [0.1, 0.15) is 24.0 Å². The summed E-state index contributed by atoms with van der Waals surface area (Å²) in [5.74, 6) is 1.16. The molecule has 4 heteroatoms. The third kappa shape index (κ3) is 3.44. The lowest BCUT2D eigenvalue weighted by atomic mass is 9.70. The molecule has 0 aliphatic carbocycles. The average Bonchev–Trinajstić information content (AvgIpc) is 2.64. The van der Waals surface area contributed by atoms with Crippen LogP contribution in [0.3, 0.4) is 0 Å². The van der Waals surface area contributed by atoms with E-state index in [9.17, 15) is 0 Å². The van der Waals surface area contributed by atoms with Gasteiger partial charge in [0.2, 0.25) is 0 Å². The topological polar surface area (TPSA) is 27.6 Å². The molecule has 1 saturated heterocycles. The van der Waals surface area contributed by atoms with Gasteiger partial charge in [-0.3, -0.25) is 4.99 Å². The van der Waals surface area contributed by atoms with E-state index >= 15 is 0 Å². The molecule has 0 bridgehead atoms. The summed E-state index contributed by atoms with van der Waals surface area (Å²) >= 11 is 5.99. The molecule has 1 spiro atoms. The number of benzene rings is 2. The second-order valence-electron chi connectivity index (χ2n) is 7.33. The minimum absolute atomic E-state index is 0.146. The second kappa shape index (κ2) is 6.81. The van der Waals surface area contributed by atoms with E-state index in [1.807, 2.05) is 12.1 Å². The second-order valence-corrected chi connectivity index (χ2v) is 7.77. The number of nitrogens with zero attached hydrogens (tertiary/aromatic N) is 2. The lowest BCUT2D eigenvalue weighted by molar-refractivity contribution is 0.178. The van der Waals surface area contributed by atoms with Gasteiger partial charge in [0, 0.05) is 16.1 Å². The van der Waals surface area contributed by atoms with E-state index < -0.39 is 0 Å². The van der Waals surface area contributed by atoms with E-state index in [-0.39, 0.29) is 5.41 Å². The van der Waals surface area contributed by atoms with E-state index in [0.29, 0.717) is 6.54 Å². The fourth-order valence-electron chi connectivity index (χ4n) is 3.93. The Morgan fingerprint density at radius 2 is 1.80 bits per heavy atom. The molecule has 0 saturated carbocycles. The van der Waals surface area contributed by atoms with Gasteiger partial charge >= 0.3 is 0 Å². The van der Waals surface area contributed by atoms with E-state index in [0.717, 1.165) is 43.2 Å². The Morgan fingerprint density at radius 3 is 2.56 bits per heavy atom. The van der Waals surface area contributed by atoms with Gasteiger partial charge in [-0.15, -0.1) is 0 Å². The minimum atomic E-state index is 0.146. The van der Waals surface area contributed by atoms with Crippen molar-refractivity contribution in [3.05, 3.63) is 64.7 Å². The molecule has 130 valence electrons. The molecular formula is C21H24ClN3. The van der Waals surface area contributed by atoms with Crippen LogP contribution in [0.25, 0.3) is 0 Å². The molecule has 0 radical (unpaired) electrons. The van der Waals surface area contributed by atoms with Crippen molar-refractivity contribution >= 4 is 23.1 Å². The van der Waals surface area contributed by atoms with Crippen LogP contribution in [0, 0.1) is 5.41 Å². The first-order valence-electron chi connectivity index (χ1n) is 8.97. The number of anilines is 1.